The summed E-state index contributed by atoms with van der Waals surface area (Å²) in [5.41, 5.74) is 2.41. The minimum atomic E-state index is -0.532. The molecule has 0 bridgehead atoms. The fraction of sp³-hybridized carbons (Fsp3) is 0.500. The van der Waals surface area contributed by atoms with Gasteiger partial charge in [-0.15, -0.1) is 6.42 Å². The molecule has 2 aliphatic rings. The van der Waals surface area contributed by atoms with Crippen LogP contribution in [-0.2, 0) is 4.79 Å². The van der Waals surface area contributed by atoms with Gasteiger partial charge in [-0.1, -0.05) is 36.6 Å². The Morgan fingerprint density at radius 3 is 2.79 bits per heavy atom. The van der Waals surface area contributed by atoms with E-state index in [1.54, 1.807) is 4.90 Å². The lowest BCUT2D eigenvalue weighted by Crippen LogP contribution is -2.53. The molecule has 2 aliphatic heterocycles. The van der Waals surface area contributed by atoms with Crippen LogP contribution in [0.5, 0.6) is 0 Å². The molecule has 2 rings (SSSR count). The Labute approximate surface area is 145 Å². The zero-order valence-corrected chi connectivity index (χ0v) is 15.4. The van der Waals surface area contributed by atoms with Crippen LogP contribution in [-0.4, -0.2) is 41.3 Å². The first kappa shape index (κ1) is 18.1. The van der Waals surface area contributed by atoms with Crippen molar-refractivity contribution < 1.29 is 4.79 Å². The molecule has 4 heteroatoms. The SMILES string of the molecule is C#CC(C)(CN1C(=O)C(C)=C(CC)N2CCN=C12)/C(C)=C\C=C/C. The Kier molecular flexibility index (Phi) is 5.33. The van der Waals surface area contributed by atoms with Gasteiger partial charge in [-0.3, -0.25) is 14.7 Å². The van der Waals surface area contributed by atoms with Crippen molar-refractivity contribution >= 4 is 11.9 Å². The van der Waals surface area contributed by atoms with Crippen molar-refractivity contribution in [1.29, 1.82) is 0 Å². The maximum absolute atomic E-state index is 12.9. The third kappa shape index (κ3) is 3.03. The zero-order valence-electron chi connectivity index (χ0n) is 15.4. The van der Waals surface area contributed by atoms with Crippen LogP contribution < -0.4 is 0 Å². The molecule has 0 N–H and O–H groups in total. The second-order valence-electron chi connectivity index (χ2n) is 6.50. The first-order valence-corrected chi connectivity index (χ1v) is 8.51. The Hall–Kier alpha value is -2.28. The summed E-state index contributed by atoms with van der Waals surface area (Å²) in [4.78, 5) is 21.4. The molecule has 24 heavy (non-hydrogen) atoms. The van der Waals surface area contributed by atoms with Crippen LogP contribution in [0.3, 0.4) is 0 Å². The molecule has 0 radical (unpaired) electrons. The second kappa shape index (κ2) is 7.09. The molecule has 0 aromatic heterocycles. The van der Waals surface area contributed by atoms with Gasteiger partial charge in [-0.05, 0) is 34.1 Å². The number of allylic oxidation sites excluding steroid dienone is 4. The lowest BCUT2D eigenvalue weighted by molar-refractivity contribution is -0.125. The van der Waals surface area contributed by atoms with Crippen LogP contribution in [0.2, 0.25) is 0 Å². The number of carbonyl (C=O) groups is 1. The molecule has 0 aromatic carbocycles. The highest BCUT2D eigenvalue weighted by atomic mass is 16.2. The standard InChI is InChI=1S/C20H27N3O/c1-7-10-11-15(4)20(6,9-3)14-23-18(24)16(5)17(8-2)22-13-12-21-19(22)23/h3,7,10-11H,8,12-14H2,1-2,4-6H3/b10-7-,15-11-. The van der Waals surface area contributed by atoms with Gasteiger partial charge in [0.1, 0.15) is 0 Å². The lowest BCUT2D eigenvalue weighted by Gasteiger charge is -2.40. The van der Waals surface area contributed by atoms with Crippen LogP contribution >= 0.6 is 0 Å². The highest BCUT2D eigenvalue weighted by Crippen LogP contribution is 2.32. The fourth-order valence-corrected chi connectivity index (χ4v) is 3.16. The van der Waals surface area contributed by atoms with Gasteiger partial charge in [-0.25, -0.2) is 0 Å². The van der Waals surface area contributed by atoms with E-state index in [1.807, 2.05) is 45.9 Å². The molecule has 2 heterocycles. The minimum Gasteiger partial charge on any atom is -0.314 e. The molecule has 0 saturated heterocycles. The monoisotopic (exact) mass is 325 g/mol. The van der Waals surface area contributed by atoms with Crippen molar-refractivity contribution in [3.63, 3.8) is 0 Å². The molecular weight excluding hydrogens is 298 g/mol. The van der Waals surface area contributed by atoms with E-state index >= 15 is 0 Å². The van der Waals surface area contributed by atoms with Gasteiger partial charge in [0.2, 0.25) is 5.96 Å². The van der Waals surface area contributed by atoms with E-state index in [0.29, 0.717) is 6.54 Å². The van der Waals surface area contributed by atoms with Crippen LogP contribution in [0.4, 0.5) is 0 Å². The molecule has 1 unspecified atom stereocenters. The zero-order chi connectivity index (χ0) is 17.9. The Balaban J connectivity index is 2.40. The minimum absolute atomic E-state index is 0.0176. The molecule has 0 aliphatic carbocycles. The number of rotatable bonds is 5. The summed E-state index contributed by atoms with van der Waals surface area (Å²) in [6.45, 7) is 12.0. The molecule has 0 fully saturated rings. The van der Waals surface area contributed by atoms with Gasteiger partial charge in [0.25, 0.3) is 5.91 Å². The van der Waals surface area contributed by atoms with Crippen molar-refractivity contribution in [2.24, 2.45) is 10.4 Å². The maximum Gasteiger partial charge on any atom is 0.258 e. The maximum atomic E-state index is 12.9. The van der Waals surface area contributed by atoms with Crippen LogP contribution in [0.1, 0.15) is 41.0 Å². The Morgan fingerprint density at radius 1 is 1.50 bits per heavy atom. The summed E-state index contributed by atoms with van der Waals surface area (Å²) in [6, 6.07) is 0. The van der Waals surface area contributed by atoms with Crippen molar-refractivity contribution in [1.82, 2.24) is 9.80 Å². The summed E-state index contributed by atoms with van der Waals surface area (Å²) >= 11 is 0. The number of fused-ring (bicyclic) bond motifs is 1. The third-order valence-corrected chi connectivity index (χ3v) is 4.92. The molecule has 128 valence electrons. The van der Waals surface area contributed by atoms with Crippen molar-refractivity contribution in [2.75, 3.05) is 19.6 Å². The van der Waals surface area contributed by atoms with E-state index in [2.05, 4.69) is 22.7 Å². The molecular formula is C20H27N3O. The van der Waals surface area contributed by atoms with E-state index in [4.69, 9.17) is 6.42 Å². The second-order valence-corrected chi connectivity index (χ2v) is 6.50. The predicted octanol–water partition coefficient (Wildman–Crippen LogP) is 3.35. The van der Waals surface area contributed by atoms with Gasteiger partial charge < -0.3 is 4.90 Å². The van der Waals surface area contributed by atoms with E-state index in [9.17, 15) is 4.79 Å². The summed E-state index contributed by atoms with van der Waals surface area (Å²) in [6.07, 6.45) is 12.6. The van der Waals surface area contributed by atoms with E-state index in [0.717, 1.165) is 42.3 Å². The average Bonchev–Trinajstić information content (AvgIpc) is 3.06. The lowest BCUT2D eigenvalue weighted by atomic mass is 9.82. The first-order valence-electron chi connectivity index (χ1n) is 8.51. The first-order chi connectivity index (χ1) is 11.4. The largest absolute Gasteiger partial charge is 0.314 e. The summed E-state index contributed by atoms with van der Waals surface area (Å²) < 4.78 is 0. The fourth-order valence-electron chi connectivity index (χ4n) is 3.16. The topological polar surface area (TPSA) is 35.9 Å². The quantitative estimate of drug-likeness (QED) is 0.574. The number of amides is 1. The van der Waals surface area contributed by atoms with Gasteiger partial charge in [0.05, 0.1) is 12.0 Å². The van der Waals surface area contributed by atoms with Gasteiger partial charge in [0, 0.05) is 24.4 Å². The predicted molar refractivity (Wildman–Crippen MR) is 99.2 cm³/mol. The van der Waals surface area contributed by atoms with Crippen molar-refractivity contribution in [3.05, 3.63) is 35.1 Å². The Bertz CT molecular complexity index is 690. The molecule has 4 nitrogen and oxygen atoms in total. The number of nitrogens with zero attached hydrogens (tertiary/aromatic N) is 3. The highest BCUT2D eigenvalue weighted by molar-refractivity contribution is 6.09. The number of hydrogen-bond donors (Lipinski definition) is 0. The highest BCUT2D eigenvalue weighted by Gasteiger charge is 2.40. The van der Waals surface area contributed by atoms with E-state index in [-0.39, 0.29) is 5.91 Å². The van der Waals surface area contributed by atoms with E-state index in [1.165, 1.54) is 0 Å². The number of aliphatic imine (C=N–C) groups is 1. The van der Waals surface area contributed by atoms with Crippen molar-refractivity contribution in [3.8, 4) is 12.3 Å². The number of guanidine groups is 1. The summed E-state index contributed by atoms with van der Waals surface area (Å²) in [5.74, 6) is 3.66. The van der Waals surface area contributed by atoms with Gasteiger partial charge >= 0.3 is 0 Å². The molecule has 0 spiro atoms. The number of hydrogen-bond acceptors (Lipinski definition) is 3. The van der Waals surface area contributed by atoms with E-state index < -0.39 is 5.41 Å². The number of carbonyl (C=O) groups excluding carboxylic acids is 1. The molecule has 1 amide bonds. The van der Waals surface area contributed by atoms with Gasteiger partial charge in [0.15, 0.2) is 0 Å². The van der Waals surface area contributed by atoms with Crippen molar-refractivity contribution in [2.45, 2.75) is 41.0 Å². The smallest absolute Gasteiger partial charge is 0.258 e. The molecule has 1 atom stereocenters. The normalized spacial score (nSPS) is 21.1. The third-order valence-electron chi connectivity index (χ3n) is 4.92. The molecule has 0 aromatic rings. The van der Waals surface area contributed by atoms with Crippen LogP contribution in [0.25, 0.3) is 0 Å². The number of terminal acetylenes is 1. The van der Waals surface area contributed by atoms with Gasteiger partial charge in [-0.2, -0.15) is 0 Å². The van der Waals surface area contributed by atoms with Crippen LogP contribution in [0, 0.1) is 17.8 Å². The average molecular weight is 325 g/mol. The molecule has 0 saturated carbocycles. The summed E-state index contributed by atoms with van der Waals surface area (Å²) in [5, 5.41) is 0. The summed E-state index contributed by atoms with van der Waals surface area (Å²) in [7, 11) is 0. The van der Waals surface area contributed by atoms with Crippen LogP contribution in [0.15, 0.2) is 40.1 Å². The Morgan fingerprint density at radius 2 is 2.21 bits per heavy atom.